The van der Waals surface area contributed by atoms with E-state index in [9.17, 15) is 13.2 Å². The molecule has 1 aromatic rings. The third kappa shape index (κ3) is 5.65. The van der Waals surface area contributed by atoms with Gasteiger partial charge in [-0.1, -0.05) is 0 Å². The summed E-state index contributed by atoms with van der Waals surface area (Å²) in [5.41, 5.74) is 1.05. The molecule has 0 aliphatic heterocycles. The Morgan fingerprint density at radius 3 is 2.79 bits per heavy atom. The summed E-state index contributed by atoms with van der Waals surface area (Å²) in [6.07, 6.45) is -0.769. The number of nitrogens with zero attached hydrogens (tertiary/aromatic N) is 1. The molecule has 1 fully saturated rings. The first-order valence-corrected chi connectivity index (χ1v) is 6.47. The van der Waals surface area contributed by atoms with Crippen molar-refractivity contribution in [2.75, 3.05) is 13.6 Å². The Labute approximate surface area is 110 Å². The molecule has 19 heavy (non-hydrogen) atoms. The summed E-state index contributed by atoms with van der Waals surface area (Å²) in [5, 5.41) is 3.36. The van der Waals surface area contributed by atoms with E-state index in [4.69, 9.17) is 4.42 Å². The summed E-state index contributed by atoms with van der Waals surface area (Å²) in [6.45, 7) is 1.15. The van der Waals surface area contributed by atoms with E-state index >= 15 is 0 Å². The van der Waals surface area contributed by atoms with Crippen LogP contribution in [-0.2, 0) is 13.1 Å². The van der Waals surface area contributed by atoms with Crippen molar-refractivity contribution in [2.24, 2.45) is 0 Å². The fourth-order valence-corrected chi connectivity index (χ4v) is 1.81. The molecule has 3 nitrogen and oxygen atoms in total. The number of alkyl halides is 3. The topological polar surface area (TPSA) is 28.4 Å². The van der Waals surface area contributed by atoms with Gasteiger partial charge in [-0.2, -0.15) is 13.2 Å². The summed E-state index contributed by atoms with van der Waals surface area (Å²) < 4.78 is 41.6. The van der Waals surface area contributed by atoms with Crippen LogP contribution in [0.1, 0.15) is 30.6 Å². The van der Waals surface area contributed by atoms with Crippen molar-refractivity contribution >= 4 is 0 Å². The SMILES string of the molecule is CN(CCC(F)(F)F)Cc1cc(CNC2CC2)co1. The van der Waals surface area contributed by atoms with Gasteiger partial charge < -0.3 is 9.73 Å². The Morgan fingerprint density at radius 1 is 1.42 bits per heavy atom. The van der Waals surface area contributed by atoms with E-state index in [1.165, 1.54) is 12.8 Å². The Balaban J connectivity index is 1.71. The molecule has 0 spiro atoms. The quantitative estimate of drug-likeness (QED) is 0.830. The molecule has 1 N–H and O–H groups in total. The van der Waals surface area contributed by atoms with E-state index in [1.54, 1.807) is 18.2 Å². The van der Waals surface area contributed by atoms with Crippen LogP contribution in [0.4, 0.5) is 13.2 Å². The van der Waals surface area contributed by atoms with Crippen LogP contribution in [-0.4, -0.2) is 30.7 Å². The lowest BCUT2D eigenvalue weighted by molar-refractivity contribution is -0.137. The van der Waals surface area contributed by atoms with Crippen molar-refractivity contribution in [3.05, 3.63) is 23.7 Å². The lowest BCUT2D eigenvalue weighted by Crippen LogP contribution is -2.23. The molecule has 108 valence electrons. The maximum Gasteiger partial charge on any atom is 0.390 e. The molecule has 0 bridgehead atoms. The van der Waals surface area contributed by atoms with Crippen molar-refractivity contribution in [1.82, 2.24) is 10.2 Å². The minimum absolute atomic E-state index is 0.0140. The normalized spacial score (nSPS) is 16.3. The minimum Gasteiger partial charge on any atom is -0.468 e. The largest absolute Gasteiger partial charge is 0.468 e. The van der Waals surface area contributed by atoms with Crippen molar-refractivity contribution < 1.29 is 17.6 Å². The minimum atomic E-state index is -4.10. The summed E-state index contributed by atoms with van der Waals surface area (Å²) in [5.74, 6) is 0.706. The predicted octanol–water partition coefficient (Wildman–Crippen LogP) is 2.92. The van der Waals surface area contributed by atoms with Gasteiger partial charge in [0.1, 0.15) is 5.76 Å². The van der Waals surface area contributed by atoms with Gasteiger partial charge in [0.05, 0.1) is 19.2 Å². The first-order valence-electron chi connectivity index (χ1n) is 6.47. The zero-order valence-electron chi connectivity index (χ0n) is 11.0. The molecule has 1 aromatic heterocycles. The van der Waals surface area contributed by atoms with Gasteiger partial charge in [0.15, 0.2) is 0 Å². The lowest BCUT2D eigenvalue weighted by Gasteiger charge is -2.15. The molecule has 0 aromatic carbocycles. The molecule has 1 aliphatic carbocycles. The van der Waals surface area contributed by atoms with Crippen LogP contribution in [0.25, 0.3) is 0 Å². The Kier molecular flexibility index (Phi) is 4.52. The van der Waals surface area contributed by atoms with Crippen LogP contribution in [0.15, 0.2) is 16.7 Å². The lowest BCUT2D eigenvalue weighted by atomic mass is 10.3. The highest BCUT2D eigenvalue weighted by molar-refractivity contribution is 5.13. The van der Waals surface area contributed by atoms with Gasteiger partial charge >= 0.3 is 6.18 Å². The van der Waals surface area contributed by atoms with Gasteiger partial charge in [-0.05, 0) is 26.0 Å². The van der Waals surface area contributed by atoms with Crippen LogP contribution >= 0.6 is 0 Å². The number of nitrogens with one attached hydrogen (secondary N) is 1. The van der Waals surface area contributed by atoms with E-state index in [0.717, 1.165) is 12.1 Å². The molecule has 2 rings (SSSR count). The highest BCUT2D eigenvalue weighted by atomic mass is 19.4. The number of hydrogen-bond acceptors (Lipinski definition) is 3. The van der Waals surface area contributed by atoms with Crippen LogP contribution in [0.3, 0.4) is 0 Å². The van der Waals surface area contributed by atoms with Gasteiger partial charge in [-0.25, -0.2) is 0 Å². The summed E-state index contributed by atoms with van der Waals surface area (Å²) in [7, 11) is 1.66. The molecular weight excluding hydrogens is 257 g/mol. The second kappa shape index (κ2) is 5.96. The second-order valence-corrected chi connectivity index (χ2v) is 5.18. The Hall–Kier alpha value is -1.01. The predicted molar refractivity (Wildman–Crippen MR) is 65.6 cm³/mol. The fourth-order valence-electron chi connectivity index (χ4n) is 1.81. The van der Waals surface area contributed by atoms with Crippen molar-refractivity contribution in [1.29, 1.82) is 0 Å². The van der Waals surface area contributed by atoms with E-state index in [2.05, 4.69) is 5.32 Å². The van der Waals surface area contributed by atoms with Crippen LogP contribution < -0.4 is 5.32 Å². The van der Waals surface area contributed by atoms with Crippen molar-refractivity contribution in [3.8, 4) is 0 Å². The van der Waals surface area contributed by atoms with E-state index in [1.807, 2.05) is 6.07 Å². The smallest absolute Gasteiger partial charge is 0.390 e. The van der Waals surface area contributed by atoms with Gasteiger partial charge in [-0.3, -0.25) is 4.90 Å². The van der Waals surface area contributed by atoms with Gasteiger partial charge in [0.25, 0.3) is 0 Å². The van der Waals surface area contributed by atoms with E-state index < -0.39 is 12.6 Å². The van der Waals surface area contributed by atoms with Crippen LogP contribution in [0, 0.1) is 0 Å². The highest BCUT2D eigenvalue weighted by Crippen LogP contribution is 2.21. The number of halogens is 3. The first-order chi connectivity index (χ1) is 8.92. The van der Waals surface area contributed by atoms with Gasteiger partial charge in [0.2, 0.25) is 0 Å². The first kappa shape index (κ1) is 14.4. The maximum atomic E-state index is 12.1. The Bertz CT molecular complexity index is 399. The molecule has 1 saturated carbocycles. The number of rotatable bonds is 7. The highest BCUT2D eigenvalue weighted by Gasteiger charge is 2.27. The van der Waals surface area contributed by atoms with Crippen LogP contribution in [0.2, 0.25) is 0 Å². The van der Waals surface area contributed by atoms with Crippen LogP contribution in [0.5, 0.6) is 0 Å². The number of hydrogen-bond donors (Lipinski definition) is 1. The fraction of sp³-hybridized carbons (Fsp3) is 0.692. The zero-order chi connectivity index (χ0) is 13.9. The Morgan fingerprint density at radius 2 is 2.16 bits per heavy atom. The van der Waals surface area contributed by atoms with Crippen molar-refractivity contribution in [3.63, 3.8) is 0 Å². The molecule has 0 amide bonds. The monoisotopic (exact) mass is 276 g/mol. The second-order valence-electron chi connectivity index (χ2n) is 5.18. The number of furan rings is 1. The molecule has 0 unspecified atom stereocenters. The summed E-state index contributed by atoms with van der Waals surface area (Å²) in [6, 6.07) is 2.53. The third-order valence-corrected chi connectivity index (χ3v) is 3.08. The van der Waals surface area contributed by atoms with Gasteiger partial charge in [0, 0.05) is 24.7 Å². The summed E-state index contributed by atoms with van der Waals surface area (Å²) in [4.78, 5) is 1.62. The molecule has 0 atom stereocenters. The molecule has 1 heterocycles. The zero-order valence-corrected chi connectivity index (χ0v) is 11.0. The van der Waals surface area contributed by atoms with Gasteiger partial charge in [-0.15, -0.1) is 0 Å². The standard InChI is InChI=1S/C13H19F3N2O/c1-18(5-4-13(14,15)16)8-12-6-10(9-19-12)7-17-11-2-3-11/h6,9,11,17H,2-5,7-8H2,1H3. The maximum absolute atomic E-state index is 12.1. The molecule has 0 saturated heterocycles. The third-order valence-electron chi connectivity index (χ3n) is 3.08. The average molecular weight is 276 g/mol. The van der Waals surface area contributed by atoms with E-state index in [-0.39, 0.29) is 6.54 Å². The van der Waals surface area contributed by atoms with Crippen molar-refractivity contribution in [2.45, 2.75) is 44.6 Å². The molecule has 0 radical (unpaired) electrons. The molecule has 6 heteroatoms. The average Bonchev–Trinajstić information content (AvgIpc) is 3.04. The van der Waals surface area contributed by atoms with E-state index in [0.29, 0.717) is 18.3 Å². The molecule has 1 aliphatic rings. The molecular formula is C13H19F3N2O. The summed E-state index contributed by atoms with van der Waals surface area (Å²) >= 11 is 0.